The first-order chi connectivity index (χ1) is 6.25. The molecule has 1 aromatic carbocycles. The lowest BCUT2D eigenvalue weighted by Gasteiger charge is -2.00. The molecule has 0 N–H and O–H groups in total. The summed E-state index contributed by atoms with van der Waals surface area (Å²) < 4.78 is 17.8. The van der Waals surface area contributed by atoms with Crippen LogP contribution in [-0.2, 0) is 11.2 Å². The fourth-order valence-electron chi connectivity index (χ4n) is 1.26. The van der Waals surface area contributed by atoms with Gasteiger partial charge in [0.15, 0.2) is 0 Å². The van der Waals surface area contributed by atoms with E-state index in [1.165, 1.54) is 6.07 Å². The molecule has 1 heterocycles. The Kier molecular flexibility index (Phi) is 2.51. The average molecular weight is 201 g/mol. The molecule has 0 spiro atoms. The maximum absolute atomic E-state index is 12.8. The van der Waals surface area contributed by atoms with E-state index in [1.54, 1.807) is 12.1 Å². The monoisotopic (exact) mass is 200 g/mol. The number of epoxide rings is 1. The van der Waals surface area contributed by atoms with Crippen molar-refractivity contribution in [2.24, 2.45) is 0 Å². The van der Waals surface area contributed by atoms with Crippen LogP contribution in [0.25, 0.3) is 0 Å². The number of halogens is 2. The molecule has 0 amide bonds. The van der Waals surface area contributed by atoms with Crippen molar-refractivity contribution in [2.75, 3.05) is 6.61 Å². The normalized spacial score (nSPS) is 20.3. The quantitative estimate of drug-likeness (QED) is 0.684. The largest absolute Gasteiger partial charge is 0.373 e. The summed E-state index contributed by atoms with van der Waals surface area (Å²) >= 11 is 5.64. The van der Waals surface area contributed by atoms with E-state index in [0.717, 1.165) is 25.0 Å². The Hall–Kier alpha value is -0.600. The first kappa shape index (κ1) is 8.97. The summed E-state index contributed by atoms with van der Waals surface area (Å²) in [6.07, 6.45) is 2.33. The lowest BCUT2D eigenvalue weighted by atomic mass is 10.1. The smallest absolute Gasteiger partial charge is 0.141 e. The Balaban J connectivity index is 1.98. The van der Waals surface area contributed by atoms with Crippen molar-refractivity contribution in [1.29, 1.82) is 0 Å². The van der Waals surface area contributed by atoms with Gasteiger partial charge in [-0.2, -0.15) is 0 Å². The first-order valence-corrected chi connectivity index (χ1v) is 4.69. The van der Waals surface area contributed by atoms with E-state index < -0.39 is 0 Å². The van der Waals surface area contributed by atoms with Crippen molar-refractivity contribution in [3.63, 3.8) is 0 Å². The molecule has 1 fully saturated rings. The van der Waals surface area contributed by atoms with Gasteiger partial charge in [-0.05, 0) is 30.5 Å². The topological polar surface area (TPSA) is 12.5 Å². The number of hydrogen-bond donors (Lipinski definition) is 0. The molecular formula is C10H10ClFO. The van der Waals surface area contributed by atoms with E-state index in [9.17, 15) is 4.39 Å². The van der Waals surface area contributed by atoms with Crippen LogP contribution >= 0.6 is 11.6 Å². The van der Waals surface area contributed by atoms with Crippen LogP contribution < -0.4 is 0 Å². The molecule has 0 bridgehead atoms. The highest BCUT2D eigenvalue weighted by Crippen LogP contribution is 2.20. The van der Waals surface area contributed by atoms with Gasteiger partial charge in [0.25, 0.3) is 0 Å². The SMILES string of the molecule is Fc1ccc(CCC2CO2)cc1Cl. The third-order valence-corrected chi connectivity index (χ3v) is 2.43. The second kappa shape index (κ2) is 3.64. The predicted octanol–water partition coefficient (Wildman–Crippen LogP) is 2.81. The van der Waals surface area contributed by atoms with Gasteiger partial charge in [0, 0.05) is 0 Å². The molecule has 0 aliphatic carbocycles. The van der Waals surface area contributed by atoms with Crippen LogP contribution in [0.5, 0.6) is 0 Å². The number of ether oxygens (including phenoxy) is 1. The molecule has 1 nitrogen and oxygen atoms in total. The van der Waals surface area contributed by atoms with Crippen LogP contribution in [0.2, 0.25) is 5.02 Å². The molecule has 3 heteroatoms. The lowest BCUT2D eigenvalue weighted by Crippen LogP contribution is -1.91. The zero-order valence-corrected chi connectivity index (χ0v) is 7.85. The van der Waals surface area contributed by atoms with Gasteiger partial charge in [-0.3, -0.25) is 0 Å². The molecule has 0 aromatic heterocycles. The van der Waals surface area contributed by atoms with Gasteiger partial charge in [0.05, 0.1) is 17.7 Å². The number of rotatable bonds is 3. The highest BCUT2D eigenvalue weighted by molar-refractivity contribution is 6.30. The summed E-state index contributed by atoms with van der Waals surface area (Å²) in [5.74, 6) is -0.354. The molecule has 1 aliphatic heterocycles. The number of hydrogen-bond acceptors (Lipinski definition) is 1. The Morgan fingerprint density at radius 1 is 1.54 bits per heavy atom. The van der Waals surface area contributed by atoms with E-state index in [1.807, 2.05) is 0 Å². The second-order valence-corrected chi connectivity index (χ2v) is 3.65. The van der Waals surface area contributed by atoms with E-state index in [0.29, 0.717) is 6.10 Å². The Morgan fingerprint density at radius 2 is 2.31 bits per heavy atom. The molecule has 1 aromatic rings. The van der Waals surface area contributed by atoms with Crippen LogP contribution in [0, 0.1) is 5.82 Å². The number of aryl methyl sites for hydroxylation is 1. The lowest BCUT2D eigenvalue weighted by molar-refractivity contribution is 0.397. The summed E-state index contributed by atoms with van der Waals surface area (Å²) in [4.78, 5) is 0. The molecule has 1 unspecified atom stereocenters. The molecule has 0 radical (unpaired) electrons. The van der Waals surface area contributed by atoms with Gasteiger partial charge in [0.1, 0.15) is 5.82 Å². The van der Waals surface area contributed by atoms with E-state index in [4.69, 9.17) is 16.3 Å². The van der Waals surface area contributed by atoms with Crippen molar-refractivity contribution in [3.8, 4) is 0 Å². The van der Waals surface area contributed by atoms with E-state index >= 15 is 0 Å². The molecule has 13 heavy (non-hydrogen) atoms. The van der Waals surface area contributed by atoms with Gasteiger partial charge in [-0.25, -0.2) is 4.39 Å². The van der Waals surface area contributed by atoms with E-state index in [-0.39, 0.29) is 10.8 Å². The summed E-state index contributed by atoms with van der Waals surface area (Å²) in [6, 6.07) is 4.86. The first-order valence-electron chi connectivity index (χ1n) is 4.31. The average Bonchev–Trinajstić information content (AvgIpc) is 2.91. The Morgan fingerprint density at radius 3 is 2.92 bits per heavy atom. The zero-order chi connectivity index (χ0) is 9.26. The molecule has 1 atom stereocenters. The summed E-state index contributed by atoms with van der Waals surface area (Å²) in [5, 5.41) is 0.203. The minimum atomic E-state index is -0.354. The van der Waals surface area contributed by atoms with Crippen LogP contribution in [0.4, 0.5) is 4.39 Å². The third-order valence-electron chi connectivity index (χ3n) is 2.14. The van der Waals surface area contributed by atoms with Crippen molar-refractivity contribution >= 4 is 11.6 Å². The third kappa shape index (κ3) is 2.42. The maximum atomic E-state index is 12.8. The van der Waals surface area contributed by atoms with Crippen LogP contribution in [0.3, 0.4) is 0 Å². The summed E-state index contributed by atoms with van der Waals surface area (Å²) in [5.41, 5.74) is 1.07. The van der Waals surface area contributed by atoms with E-state index in [2.05, 4.69) is 0 Å². The Labute approximate surface area is 81.5 Å². The van der Waals surface area contributed by atoms with Crippen molar-refractivity contribution < 1.29 is 9.13 Å². The summed E-state index contributed by atoms with van der Waals surface area (Å²) in [6.45, 7) is 0.870. The van der Waals surface area contributed by atoms with Gasteiger partial charge in [-0.15, -0.1) is 0 Å². The van der Waals surface area contributed by atoms with Gasteiger partial charge >= 0.3 is 0 Å². The van der Waals surface area contributed by atoms with Crippen LogP contribution in [0.1, 0.15) is 12.0 Å². The van der Waals surface area contributed by atoms with Crippen molar-refractivity contribution in [3.05, 3.63) is 34.6 Å². The molecule has 1 aliphatic rings. The fourth-order valence-corrected chi connectivity index (χ4v) is 1.46. The second-order valence-electron chi connectivity index (χ2n) is 3.24. The molecule has 70 valence electrons. The molecular weight excluding hydrogens is 191 g/mol. The molecule has 0 saturated carbocycles. The Bertz CT molecular complexity index is 310. The minimum Gasteiger partial charge on any atom is -0.373 e. The van der Waals surface area contributed by atoms with Crippen LogP contribution in [-0.4, -0.2) is 12.7 Å². The number of benzene rings is 1. The molecule has 1 saturated heterocycles. The van der Waals surface area contributed by atoms with Crippen molar-refractivity contribution in [2.45, 2.75) is 18.9 Å². The predicted molar refractivity (Wildman–Crippen MR) is 49.5 cm³/mol. The minimum absolute atomic E-state index is 0.203. The summed E-state index contributed by atoms with van der Waals surface area (Å²) in [7, 11) is 0. The zero-order valence-electron chi connectivity index (χ0n) is 7.09. The standard InChI is InChI=1S/C10H10ClFO/c11-9-5-7(2-4-10(9)12)1-3-8-6-13-8/h2,4-5,8H,1,3,6H2. The van der Waals surface area contributed by atoms with Gasteiger partial charge in [0.2, 0.25) is 0 Å². The fraction of sp³-hybridized carbons (Fsp3) is 0.400. The highest BCUT2D eigenvalue weighted by atomic mass is 35.5. The van der Waals surface area contributed by atoms with Gasteiger partial charge in [-0.1, -0.05) is 17.7 Å². The maximum Gasteiger partial charge on any atom is 0.141 e. The van der Waals surface area contributed by atoms with Crippen LogP contribution in [0.15, 0.2) is 18.2 Å². The van der Waals surface area contributed by atoms with Crippen molar-refractivity contribution in [1.82, 2.24) is 0 Å². The van der Waals surface area contributed by atoms with Gasteiger partial charge < -0.3 is 4.74 Å². The highest BCUT2D eigenvalue weighted by Gasteiger charge is 2.21. The molecule has 2 rings (SSSR count).